The normalized spacial score (nSPS) is 18.9. The van der Waals surface area contributed by atoms with Gasteiger partial charge in [0.2, 0.25) is 0 Å². The van der Waals surface area contributed by atoms with E-state index in [4.69, 9.17) is 5.11 Å². The molecule has 3 aromatic carbocycles. The molecule has 1 aliphatic heterocycles. The molecule has 0 aromatic heterocycles. The zero-order valence-corrected chi connectivity index (χ0v) is 18.5. The third-order valence-corrected chi connectivity index (χ3v) is 5.76. The number of aryl methyl sites for hydroxylation is 2. The number of anilines is 1. The summed E-state index contributed by atoms with van der Waals surface area (Å²) in [7, 11) is 0. The van der Waals surface area contributed by atoms with Crippen LogP contribution in [0.2, 0.25) is 0 Å². The van der Waals surface area contributed by atoms with Gasteiger partial charge < -0.3 is 15.4 Å². The summed E-state index contributed by atoms with van der Waals surface area (Å²) in [4.78, 5) is 11.0. The number of aromatic carboxylic acids is 1. The molecule has 1 aliphatic rings. The number of hydrogen-bond acceptors (Lipinski definition) is 6. The smallest absolute Gasteiger partial charge is 0.335 e. The topological polar surface area (TPSA) is 117 Å². The predicted molar refractivity (Wildman–Crippen MR) is 131 cm³/mol. The van der Waals surface area contributed by atoms with E-state index in [9.17, 15) is 15.1 Å². The molecule has 3 aromatic rings. The Morgan fingerprint density at radius 2 is 1.70 bits per heavy atom. The first-order valence-electron chi connectivity index (χ1n) is 10.4. The first-order chi connectivity index (χ1) is 15.7. The van der Waals surface area contributed by atoms with Crippen LogP contribution in [-0.4, -0.2) is 34.2 Å². The number of hydrogen-bond donors (Lipinski definition) is 3. The molecule has 0 radical (unpaired) electrons. The van der Waals surface area contributed by atoms with Crippen LogP contribution in [0.3, 0.4) is 0 Å². The van der Waals surface area contributed by atoms with Crippen LogP contribution in [0.5, 0.6) is 5.75 Å². The summed E-state index contributed by atoms with van der Waals surface area (Å²) in [5, 5.41) is 41.4. The summed E-state index contributed by atoms with van der Waals surface area (Å²) >= 11 is 0. The molecule has 168 valence electrons. The van der Waals surface area contributed by atoms with Crippen molar-refractivity contribution in [2.24, 2.45) is 10.2 Å². The van der Waals surface area contributed by atoms with Crippen molar-refractivity contribution in [1.82, 2.24) is 4.76 Å². The van der Waals surface area contributed by atoms with E-state index in [2.05, 4.69) is 15.6 Å². The van der Waals surface area contributed by atoms with Crippen LogP contribution >= 0.6 is 0 Å². The minimum absolute atomic E-state index is 0.0243. The second-order valence-electron chi connectivity index (χ2n) is 8.10. The fourth-order valence-corrected chi connectivity index (χ4v) is 3.60. The van der Waals surface area contributed by atoms with Crippen molar-refractivity contribution < 1.29 is 15.0 Å². The van der Waals surface area contributed by atoms with Crippen LogP contribution in [0, 0.1) is 19.1 Å². The van der Waals surface area contributed by atoms with E-state index in [1.54, 1.807) is 43.3 Å². The fraction of sp³-hybridized carbons (Fsp3) is 0.160. The van der Waals surface area contributed by atoms with Crippen LogP contribution < -0.4 is 10.2 Å². The first kappa shape index (κ1) is 22.2. The summed E-state index contributed by atoms with van der Waals surface area (Å²) in [6, 6.07) is 17.0. The van der Waals surface area contributed by atoms with Gasteiger partial charge in [0.15, 0.2) is 12.2 Å². The Hall–Kier alpha value is -4.01. The van der Waals surface area contributed by atoms with Gasteiger partial charge in [0.25, 0.3) is 0 Å². The van der Waals surface area contributed by atoms with Gasteiger partial charge in [0.1, 0.15) is 17.2 Å². The number of carbonyl (C=O) groups is 1. The maximum atomic E-state index is 13.3. The van der Waals surface area contributed by atoms with E-state index in [1.807, 2.05) is 26.0 Å². The van der Waals surface area contributed by atoms with Crippen LogP contribution in [0.1, 0.15) is 28.4 Å². The standard InChI is InChI=1S/C25H24N4O4/c1-15-4-10-21(12-16(15)2)29(33)14-23(17(3)28-29)27-26-22-11-9-20(13-24(22)30)18-5-7-19(8-6-18)25(31)32/h4-13,26,30H,14H2,1-3H3,(H,31,32). The van der Waals surface area contributed by atoms with Crippen LogP contribution in [0.25, 0.3) is 11.1 Å². The number of benzene rings is 3. The van der Waals surface area contributed by atoms with E-state index >= 15 is 0 Å². The SMILES string of the molecule is CC1=N[N+]([O-])(c2ccc(C)c(C)c2)CC1=NNc1ccc(-c2ccc(C(=O)O)cc2)cc1O. The highest BCUT2D eigenvalue weighted by Crippen LogP contribution is 2.31. The Balaban J connectivity index is 1.51. The van der Waals surface area contributed by atoms with Gasteiger partial charge in [-0.25, -0.2) is 4.79 Å². The summed E-state index contributed by atoms with van der Waals surface area (Å²) < 4.78 is -0.856. The zero-order chi connectivity index (χ0) is 23.8. The van der Waals surface area contributed by atoms with Gasteiger partial charge in [0.05, 0.1) is 11.3 Å². The number of rotatable bonds is 5. The molecule has 1 heterocycles. The molecule has 0 saturated heterocycles. The largest absolute Gasteiger partial charge is 0.599 e. The maximum Gasteiger partial charge on any atom is 0.335 e. The highest BCUT2D eigenvalue weighted by Gasteiger charge is 2.32. The van der Waals surface area contributed by atoms with E-state index in [1.165, 1.54) is 12.1 Å². The summed E-state index contributed by atoms with van der Waals surface area (Å²) in [6.45, 7) is 5.74. The van der Waals surface area contributed by atoms with Gasteiger partial charge in [-0.15, -0.1) is 0 Å². The van der Waals surface area contributed by atoms with Gasteiger partial charge >= 0.3 is 5.97 Å². The number of nitrogens with zero attached hydrogens (tertiary/aromatic N) is 3. The Morgan fingerprint density at radius 3 is 2.33 bits per heavy atom. The molecule has 0 saturated carbocycles. The molecule has 4 rings (SSSR count). The Morgan fingerprint density at radius 1 is 1.00 bits per heavy atom. The Kier molecular flexibility index (Phi) is 5.71. The third-order valence-electron chi connectivity index (χ3n) is 5.76. The van der Waals surface area contributed by atoms with Crippen molar-refractivity contribution in [1.29, 1.82) is 0 Å². The molecule has 0 bridgehead atoms. The molecule has 33 heavy (non-hydrogen) atoms. The molecule has 0 fully saturated rings. The quantitative estimate of drug-likeness (QED) is 0.221. The van der Waals surface area contributed by atoms with Gasteiger partial charge in [0, 0.05) is 12.1 Å². The predicted octanol–water partition coefficient (Wildman–Crippen LogP) is 5.04. The number of quaternary nitrogens is 1. The highest BCUT2D eigenvalue weighted by atomic mass is 16.6. The van der Waals surface area contributed by atoms with Crippen LogP contribution in [0.15, 0.2) is 70.9 Å². The Labute approximate surface area is 191 Å². The number of carboxylic acid groups (broad SMARTS) is 1. The number of hydrazone groups is 1. The van der Waals surface area contributed by atoms with E-state index in [-0.39, 0.29) is 17.9 Å². The van der Waals surface area contributed by atoms with Crippen molar-refractivity contribution >= 4 is 28.8 Å². The zero-order valence-electron chi connectivity index (χ0n) is 18.5. The molecule has 0 aliphatic carbocycles. The lowest BCUT2D eigenvalue weighted by Gasteiger charge is -2.31. The molecule has 8 nitrogen and oxygen atoms in total. The lowest BCUT2D eigenvalue weighted by atomic mass is 10.0. The van der Waals surface area contributed by atoms with E-state index < -0.39 is 10.7 Å². The van der Waals surface area contributed by atoms with Gasteiger partial charge in [-0.05, 0) is 67.3 Å². The number of phenols is 1. The number of nitrogens with one attached hydrogen (secondary N) is 1. The lowest BCUT2D eigenvalue weighted by Crippen LogP contribution is -2.37. The maximum absolute atomic E-state index is 13.3. The molecule has 0 spiro atoms. The molecule has 1 unspecified atom stereocenters. The summed E-state index contributed by atoms with van der Waals surface area (Å²) in [5.74, 6) is -1.02. The monoisotopic (exact) mass is 444 g/mol. The summed E-state index contributed by atoms with van der Waals surface area (Å²) in [5.41, 5.74) is 8.62. The number of hydroxylamine groups is 1. The molecular weight excluding hydrogens is 420 g/mol. The molecule has 0 amide bonds. The van der Waals surface area contributed by atoms with Gasteiger partial charge in [-0.3, -0.25) is 5.43 Å². The van der Waals surface area contributed by atoms with Crippen molar-refractivity contribution in [3.8, 4) is 16.9 Å². The van der Waals surface area contributed by atoms with Gasteiger partial charge in [-0.2, -0.15) is 9.86 Å². The minimum atomic E-state index is -0.993. The molecular formula is C25H24N4O4. The Bertz CT molecular complexity index is 1300. The van der Waals surface area contributed by atoms with Crippen molar-refractivity contribution in [2.75, 3.05) is 12.0 Å². The first-order valence-corrected chi connectivity index (χ1v) is 10.4. The lowest BCUT2D eigenvalue weighted by molar-refractivity contribution is 0.0697. The van der Waals surface area contributed by atoms with Crippen molar-refractivity contribution in [3.63, 3.8) is 0 Å². The minimum Gasteiger partial charge on any atom is -0.599 e. The van der Waals surface area contributed by atoms with Crippen molar-refractivity contribution in [3.05, 3.63) is 82.6 Å². The number of phenolic OH excluding ortho intramolecular Hbond substituents is 1. The average Bonchev–Trinajstić information content (AvgIpc) is 3.09. The van der Waals surface area contributed by atoms with Crippen LogP contribution in [0.4, 0.5) is 11.4 Å². The number of carboxylic acids is 1. The molecule has 8 heteroatoms. The van der Waals surface area contributed by atoms with Gasteiger partial charge in [-0.1, -0.05) is 29.4 Å². The van der Waals surface area contributed by atoms with Crippen LogP contribution in [-0.2, 0) is 0 Å². The fourth-order valence-electron chi connectivity index (χ4n) is 3.60. The summed E-state index contributed by atoms with van der Waals surface area (Å²) in [6.07, 6.45) is 0. The number of aromatic hydroxyl groups is 1. The second kappa shape index (κ2) is 8.50. The van der Waals surface area contributed by atoms with E-state index in [0.717, 1.165) is 22.3 Å². The van der Waals surface area contributed by atoms with E-state index in [0.29, 0.717) is 22.8 Å². The highest BCUT2D eigenvalue weighted by molar-refractivity contribution is 6.44. The third kappa shape index (κ3) is 4.48. The molecule has 3 N–H and O–H groups in total. The van der Waals surface area contributed by atoms with Crippen molar-refractivity contribution in [2.45, 2.75) is 20.8 Å². The average molecular weight is 444 g/mol. The second-order valence-corrected chi connectivity index (χ2v) is 8.10. The molecule has 1 atom stereocenters.